The summed E-state index contributed by atoms with van der Waals surface area (Å²) in [4.78, 5) is 26.5. The first-order valence-electron chi connectivity index (χ1n) is 13.5. The molecule has 1 aliphatic rings. The van der Waals surface area contributed by atoms with Crippen molar-refractivity contribution in [1.29, 1.82) is 0 Å². The lowest BCUT2D eigenvalue weighted by Gasteiger charge is -2.30. The quantitative estimate of drug-likeness (QED) is 0.308. The SMILES string of the molecule is Cc1ccc2c(NCc3ccc(N(Cc4ccc(F)cc4F)C(=O)C4CCNCC4)cc3)nc(N(C)C)nc2c1. The molecular formula is C31H34F2N6O. The number of carbonyl (C=O) groups excluding carboxylic acids is 1. The van der Waals surface area contributed by atoms with Gasteiger partial charge in [0.15, 0.2) is 0 Å². The molecule has 7 nitrogen and oxygen atoms in total. The zero-order valence-electron chi connectivity index (χ0n) is 23.0. The Morgan fingerprint density at radius 2 is 1.75 bits per heavy atom. The molecule has 0 spiro atoms. The molecule has 0 aliphatic carbocycles. The molecule has 1 aliphatic heterocycles. The van der Waals surface area contributed by atoms with Crippen LogP contribution < -0.4 is 20.4 Å². The van der Waals surface area contributed by atoms with Gasteiger partial charge in [-0.2, -0.15) is 4.98 Å². The van der Waals surface area contributed by atoms with Crippen LogP contribution in [-0.4, -0.2) is 43.1 Å². The van der Waals surface area contributed by atoms with E-state index < -0.39 is 11.6 Å². The molecular weight excluding hydrogens is 510 g/mol. The van der Waals surface area contributed by atoms with E-state index in [1.807, 2.05) is 68.4 Å². The minimum absolute atomic E-state index is 0.0339. The Kier molecular flexibility index (Phi) is 8.21. The van der Waals surface area contributed by atoms with Crippen molar-refractivity contribution < 1.29 is 13.6 Å². The Hall–Kier alpha value is -4.11. The molecule has 2 heterocycles. The van der Waals surface area contributed by atoms with Gasteiger partial charge in [0.25, 0.3) is 0 Å². The van der Waals surface area contributed by atoms with Gasteiger partial charge >= 0.3 is 0 Å². The second kappa shape index (κ2) is 12.0. The Morgan fingerprint density at radius 1 is 1.00 bits per heavy atom. The molecule has 0 atom stereocenters. The Labute approximate surface area is 233 Å². The second-order valence-corrected chi connectivity index (χ2v) is 10.5. The minimum Gasteiger partial charge on any atom is -0.365 e. The van der Waals surface area contributed by atoms with Gasteiger partial charge in [0.2, 0.25) is 11.9 Å². The van der Waals surface area contributed by atoms with E-state index in [9.17, 15) is 13.6 Å². The van der Waals surface area contributed by atoms with Gasteiger partial charge in [-0.15, -0.1) is 0 Å². The molecule has 1 fully saturated rings. The number of nitrogens with one attached hydrogen (secondary N) is 2. The van der Waals surface area contributed by atoms with Crippen LogP contribution in [0.3, 0.4) is 0 Å². The maximum absolute atomic E-state index is 14.6. The number of carbonyl (C=O) groups is 1. The maximum Gasteiger partial charge on any atom is 0.230 e. The van der Waals surface area contributed by atoms with Crippen molar-refractivity contribution in [1.82, 2.24) is 15.3 Å². The number of hydrogen-bond donors (Lipinski definition) is 2. The first-order valence-corrected chi connectivity index (χ1v) is 13.5. The van der Waals surface area contributed by atoms with Crippen molar-refractivity contribution in [3.63, 3.8) is 0 Å². The molecule has 0 bridgehead atoms. The molecule has 0 saturated carbocycles. The topological polar surface area (TPSA) is 73.4 Å². The van der Waals surface area contributed by atoms with Crippen LogP contribution in [0.25, 0.3) is 10.9 Å². The number of amides is 1. The largest absolute Gasteiger partial charge is 0.365 e. The molecule has 9 heteroatoms. The molecule has 2 N–H and O–H groups in total. The molecule has 0 radical (unpaired) electrons. The van der Waals surface area contributed by atoms with Gasteiger partial charge in [-0.25, -0.2) is 13.8 Å². The third kappa shape index (κ3) is 6.20. The number of aromatic nitrogens is 2. The third-order valence-corrected chi connectivity index (χ3v) is 7.25. The fraction of sp³-hybridized carbons (Fsp3) is 0.323. The summed E-state index contributed by atoms with van der Waals surface area (Å²) in [5.41, 5.74) is 3.94. The van der Waals surface area contributed by atoms with Crippen LogP contribution in [0.1, 0.15) is 29.5 Å². The van der Waals surface area contributed by atoms with Crippen molar-refractivity contribution in [3.05, 3.63) is 89.0 Å². The second-order valence-electron chi connectivity index (χ2n) is 10.5. The number of nitrogens with zero attached hydrogens (tertiary/aromatic N) is 4. The molecule has 40 heavy (non-hydrogen) atoms. The van der Waals surface area contributed by atoms with Crippen molar-refractivity contribution in [2.75, 3.05) is 42.3 Å². The molecule has 4 aromatic rings. The van der Waals surface area contributed by atoms with Gasteiger partial charge in [-0.1, -0.05) is 24.3 Å². The Morgan fingerprint density at radius 3 is 2.45 bits per heavy atom. The molecule has 1 saturated heterocycles. The highest BCUT2D eigenvalue weighted by molar-refractivity contribution is 5.95. The number of aryl methyl sites for hydroxylation is 1. The summed E-state index contributed by atoms with van der Waals surface area (Å²) < 4.78 is 28.1. The molecule has 3 aromatic carbocycles. The van der Waals surface area contributed by atoms with E-state index in [-0.39, 0.29) is 23.9 Å². The van der Waals surface area contributed by atoms with Crippen LogP contribution in [0.5, 0.6) is 0 Å². The van der Waals surface area contributed by atoms with E-state index in [0.717, 1.165) is 59.8 Å². The van der Waals surface area contributed by atoms with Crippen LogP contribution in [0, 0.1) is 24.5 Å². The highest BCUT2D eigenvalue weighted by atomic mass is 19.1. The van der Waals surface area contributed by atoms with Gasteiger partial charge < -0.3 is 20.4 Å². The van der Waals surface area contributed by atoms with Gasteiger partial charge in [-0.3, -0.25) is 4.79 Å². The summed E-state index contributed by atoms with van der Waals surface area (Å²) in [6.45, 7) is 4.13. The van der Waals surface area contributed by atoms with Gasteiger partial charge in [-0.05, 0) is 74.3 Å². The Bertz CT molecular complexity index is 1500. The number of halogens is 2. The van der Waals surface area contributed by atoms with E-state index in [2.05, 4.69) is 15.6 Å². The average molecular weight is 545 g/mol. The van der Waals surface area contributed by atoms with E-state index >= 15 is 0 Å². The fourth-order valence-electron chi connectivity index (χ4n) is 4.95. The monoisotopic (exact) mass is 544 g/mol. The van der Waals surface area contributed by atoms with Gasteiger partial charge in [0.05, 0.1) is 12.1 Å². The summed E-state index contributed by atoms with van der Waals surface area (Å²) in [6, 6.07) is 17.3. The molecule has 5 rings (SSSR count). The highest BCUT2D eigenvalue weighted by Crippen LogP contribution is 2.27. The zero-order valence-corrected chi connectivity index (χ0v) is 23.0. The molecule has 208 valence electrons. The van der Waals surface area contributed by atoms with Crippen LogP contribution in [-0.2, 0) is 17.9 Å². The summed E-state index contributed by atoms with van der Waals surface area (Å²) >= 11 is 0. The average Bonchev–Trinajstić information content (AvgIpc) is 2.95. The maximum atomic E-state index is 14.6. The van der Waals surface area contributed by atoms with E-state index in [4.69, 9.17) is 4.98 Å². The van der Waals surface area contributed by atoms with Crippen molar-refractivity contribution >= 4 is 34.3 Å². The van der Waals surface area contributed by atoms with Crippen LogP contribution >= 0.6 is 0 Å². The zero-order chi connectivity index (χ0) is 28.2. The summed E-state index contributed by atoms with van der Waals surface area (Å²) in [6.07, 6.45) is 1.45. The molecule has 1 amide bonds. The number of rotatable bonds is 8. The number of piperidine rings is 1. The number of anilines is 3. The summed E-state index contributed by atoms with van der Waals surface area (Å²) in [5, 5.41) is 7.66. The van der Waals surface area contributed by atoms with Crippen molar-refractivity contribution in [2.45, 2.75) is 32.9 Å². The molecule has 1 aromatic heterocycles. The van der Waals surface area contributed by atoms with E-state index in [0.29, 0.717) is 18.2 Å². The first-order chi connectivity index (χ1) is 19.3. The Balaban J connectivity index is 1.38. The van der Waals surface area contributed by atoms with Gasteiger partial charge in [0.1, 0.15) is 17.5 Å². The normalized spacial score (nSPS) is 13.8. The number of hydrogen-bond acceptors (Lipinski definition) is 6. The van der Waals surface area contributed by atoms with Gasteiger partial charge in [0, 0.05) is 49.3 Å². The van der Waals surface area contributed by atoms with Crippen LogP contribution in [0.2, 0.25) is 0 Å². The predicted octanol–water partition coefficient (Wildman–Crippen LogP) is 5.43. The van der Waals surface area contributed by atoms with E-state index in [1.54, 1.807) is 4.90 Å². The van der Waals surface area contributed by atoms with Crippen molar-refractivity contribution in [2.24, 2.45) is 5.92 Å². The number of fused-ring (bicyclic) bond motifs is 1. The van der Waals surface area contributed by atoms with Crippen LogP contribution in [0.4, 0.5) is 26.2 Å². The fourth-order valence-corrected chi connectivity index (χ4v) is 4.95. The van der Waals surface area contributed by atoms with E-state index in [1.165, 1.54) is 12.1 Å². The standard InChI is InChI=1S/C31H34F2N6O/c1-20-4-11-26-28(16-20)36-31(38(2)3)37-29(26)35-18-21-5-9-25(10-6-21)39(30(40)22-12-14-34-15-13-22)19-23-7-8-24(32)17-27(23)33/h4-11,16-17,22,34H,12-15,18-19H2,1-3H3,(H,35,36,37). The lowest BCUT2D eigenvalue weighted by atomic mass is 9.96. The lowest BCUT2D eigenvalue weighted by Crippen LogP contribution is -2.41. The first kappa shape index (κ1) is 27.5. The van der Waals surface area contributed by atoms with Crippen LogP contribution in [0.15, 0.2) is 60.7 Å². The van der Waals surface area contributed by atoms with Crippen molar-refractivity contribution in [3.8, 4) is 0 Å². The lowest BCUT2D eigenvalue weighted by molar-refractivity contribution is -0.123. The summed E-state index contributed by atoms with van der Waals surface area (Å²) in [7, 11) is 3.82. The highest BCUT2D eigenvalue weighted by Gasteiger charge is 2.27. The smallest absolute Gasteiger partial charge is 0.230 e. The third-order valence-electron chi connectivity index (χ3n) is 7.25. The number of benzene rings is 3. The predicted molar refractivity (Wildman–Crippen MR) is 156 cm³/mol. The molecule has 0 unspecified atom stereocenters. The minimum atomic E-state index is -0.659. The summed E-state index contributed by atoms with van der Waals surface area (Å²) in [5.74, 6) is -0.128.